The summed E-state index contributed by atoms with van der Waals surface area (Å²) in [5, 5.41) is 0. The highest BCUT2D eigenvalue weighted by atomic mass is 16.6. The van der Waals surface area contributed by atoms with Crippen LogP contribution in [-0.4, -0.2) is 37.2 Å². The normalized spacial score (nSPS) is 12.0. The van der Waals surface area contributed by atoms with E-state index in [-0.39, 0.29) is 31.1 Å². The largest absolute Gasteiger partial charge is 0.462 e. The molecule has 0 bridgehead atoms. The van der Waals surface area contributed by atoms with E-state index in [4.69, 9.17) is 14.2 Å². The van der Waals surface area contributed by atoms with E-state index in [2.05, 4.69) is 27.7 Å². The van der Waals surface area contributed by atoms with Crippen LogP contribution in [0.2, 0.25) is 0 Å². The highest BCUT2D eigenvalue weighted by Crippen LogP contribution is 2.18. The van der Waals surface area contributed by atoms with Gasteiger partial charge in [-0.3, -0.25) is 14.4 Å². The quantitative estimate of drug-likeness (QED) is 0.0344. The first-order valence-corrected chi connectivity index (χ1v) is 28.4. The second-order valence-electron chi connectivity index (χ2n) is 20.1. The fourth-order valence-corrected chi connectivity index (χ4v) is 8.75. The Labute approximate surface area is 393 Å². The number of unbranched alkanes of at least 4 members (excludes halogenated alkanes) is 39. The maximum atomic E-state index is 12.8. The van der Waals surface area contributed by atoms with Gasteiger partial charge in [-0.25, -0.2) is 0 Å². The Kier molecular flexibility index (Phi) is 50.1. The second-order valence-corrected chi connectivity index (χ2v) is 20.1. The molecule has 0 saturated carbocycles. The van der Waals surface area contributed by atoms with Crippen molar-refractivity contribution < 1.29 is 28.6 Å². The molecule has 0 heterocycles. The summed E-state index contributed by atoms with van der Waals surface area (Å²) in [7, 11) is 0. The lowest BCUT2D eigenvalue weighted by molar-refractivity contribution is -0.167. The Morgan fingerprint density at radius 3 is 0.778 bits per heavy atom. The van der Waals surface area contributed by atoms with Gasteiger partial charge in [-0.2, -0.15) is 0 Å². The average Bonchev–Trinajstić information content (AvgIpc) is 3.27. The van der Waals surface area contributed by atoms with Crippen LogP contribution in [0.5, 0.6) is 0 Å². The topological polar surface area (TPSA) is 78.9 Å². The zero-order valence-electron chi connectivity index (χ0n) is 43.0. The predicted molar refractivity (Wildman–Crippen MR) is 270 cm³/mol. The van der Waals surface area contributed by atoms with Crippen molar-refractivity contribution >= 4 is 17.9 Å². The number of hydrogen-bond acceptors (Lipinski definition) is 6. The molecule has 0 aromatic rings. The van der Waals surface area contributed by atoms with Gasteiger partial charge < -0.3 is 14.2 Å². The van der Waals surface area contributed by atoms with Crippen molar-refractivity contribution in [1.82, 2.24) is 0 Å². The molecule has 0 aromatic heterocycles. The third-order valence-corrected chi connectivity index (χ3v) is 13.0. The van der Waals surface area contributed by atoms with Gasteiger partial charge in [0.25, 0.3) is 0 Å². The fraction of sp³-hybridized carbons (Fsp3) is 0.947. The van der Waals surface area contributed by atoms with Gasteiger partial charge in [0.15, 0.2) is 6.10 Å². The first kappa shape index (κ1) is 61.4. The van der Waals surface area contributed by atoms with Crippen molar-refractivity contribution in [2.24, 2.45) is 5.92 Å². The lowest BCUT2D eigenvalue weighted by atomic mass is 10.0. The molecule has 1 atom stereocenters. The van der Waals surface area contributed by atoms with Crippen LogP contribution in [0.15, 0.2) is 0 Å². The van der Waals surface area contributed by atoms with Crippen LogP contribution in [0, 0.1) is 5.92 Å². The summed E-state index contributed by atoms with van der Waals surface area (Å²) in [6, 6.07) is 0. The highest BCUT2D eigenvalue weighted by molar-refractivity contribution is 5.71. The van der Waals surface area contributed by atoms with Crippen LogP contribution in [0.25, 0.3) is 0 Å². The molecule has 0 aliphatic heterocycles. The molecule has 0 aromatic carbocycles. The zero-order chi connectivity index (χ0) is 45.9. The predicted octanol–water partition coefficient (Wildman–Crippen LogP) is 18.6. The summed E-state index contributed by atoms with van der Waals surface area (Å²) >= 11 is 0. The summed E-state index contributed by atoms with van der Waals surface area (Å²) in [6.45, 7) is 9.06. The van der Waals surface area contributed by atoms with Gasteiger partial charge >= 0.3 is 17.9 Å². The average molecular weight is 892 g/mol. The summed E-state index contributed by atoms with van der Waals surface area (Å²) in [6.07, 6.45) is 55.1. The zero-order valence-corrected chi connectivity index (χ0v) is 43.0. The van der Waals surface area contributed by atoms with E-state index in [1.54, 1.807) is 0 Å². The lowest BCUT2D eigenvalue weighted by Gasteiger charge is -2.18. The monoisotopic (exact) mass is 891 g/mol. The van der Waals surface area contributed by atoms with Crippen LogP contribution in [-0.2, 0) is 28.6 Å². The molecule has 374 valence electrons. The molecular formula is C57H110O6. The summed E-state index contributed by atoms with van der Waals surface area (Å²) in [4.78, 5) is 38.1. The van der Waals surface area contributed by atoms with Gasteiger partial charge in [0.05, 0.1) is 0 Å². The Morgan fingerprint density at radius 1 is 0.302 bits per heavy atom. The lowest BCUT2D eigenvalue weighted by Crippen LogP contribution is -2.30. The smallest absolute Gasteiger partial charge is 0.306 e. The van der Waals surface area contributed by atoms with Crippen molar-refractivity contribution in [3.05, 3.63) is 0 Å². The Hall–Kier alpha value is -1.59. The summed E-state index contributed by atoms with van der Waals surface area (Å²) in [5.74, 6) is 0.00870. The number of ether oxygens (including phenoxy) is 3. The molecule has 0 fully saturated rings. The molecule has 63 heavy (non-hydrogen) atoms. The van der Waals surface area contributed by atoms with E-state index in [0.29, 0.717) is 19.3 Å². The molecule has 0 amide bonds. The van der Waals surface area contributed by atoms with Crippen molar-refractivity contribution in [2.75, 3.05) is 13.2 Å². The van der Waals surface area contributed by atoms with Crippen molar-refractivity contribution in [2.45, 2.75) is 329 Å². The molecule has 0 N–H and O–H groups in total. The molecule has 0 aliphatic rings. The van der Waals surface area contributed by atoms with E-state index in [1.807, 2.05) is 0 Å². The van der Waals surface area contributed by atoms with E-state index < -0.39 is 6.10 Å². The molecule has 6 heteroatoms. The van der Waals surface area contributed by atoms with Gasteiger partial charge in [-0.15, -0.1) is 0 Å². The van der Waals surface area contributed by atoms with Gasteiger partial charge in [0.1, 0.15) is 13.2 Å². The van der Waals surface area contributed by atoms with Gasteiger partial charge in [0.2, 0.25) is 0 Å². The fourth-order valence-electron chi connectivity index (χ4n) is 8.75. The summed E-state index contributed by atoms with van der Waals surface area (Å²) in [5.41, 5.74) is 0. The van der Waals surface area contributed by atoms with Gasteiger partial charge in [0, 0.05) is 19.3 Å². The van der Waals surface area contributed by atoms with Crippen LogP contribution in [0.4, 0.5) is 0 Å². The summed E-state index contributed by atoms with van der Waals surface area (Å²) < 4.78 is 16.9. The highest BCUT2D eigenvalue weighted by Gasteiger charge is 2.19. The molecule has 6 nitrogen and oxygen atoms in total. The van der Waals surface area contributed by atoms with Crippen LogP contribution in [0.3, 0.4) is 0 Å². The Balaban J connectivity index is 4.29. The third kappa shape index (κ3) is 51.3. The van der Waals surface area contributed by atoms with Crippen LogP contribution < -0.4 is 0 Å². The Bertz CT molecular complexity index is 949. The molecule has 0 rings (SSSR count). The second kappa shape index (κ2) is 51.4. The number of esters is 3. The molecule has 0 aliphatic carbocycles. The SMILES string of the molecule is CCCCCCCCCCCCCCCCCC(=O)O[C@H](COC(=O)CCCCCCCCCCCCCCC)COC(=O)CCCCCCCCCCCCCCCCC(C)C. The first-order chi connectivity index (χ1) is 30.9. The number of hydrogen-bond donors (Lipinski definition) is 0. The minimum atomic E-state index is -0.761. The van der Waals surface area contributed by atoms with Crippen LogP contribution in [0.1, 0.15) is 323 Å². The van der Waals surface area contributed by atoms with Gasteiger partial charge in [-0.1, -0.05) is 285 Å². The van der Waals surface area contributed by atoms with Crippen molar-refractivity contribution in [1.29, 1.82) is 0 Å². The molecule has 0 spiro atoms. The van der Waals surface area contributed by atoms with E-state index in [0.717, 1.165) is 63.7 Å². The molecule has 0 saturated heterocycles. The number of rotatable bonds is 52. The van der Waals surface area contributed by atoms with E-state index in [1.165, 1.54) is 218 Å². The molecule has 0 radical (unpaired) electrons. The maximum absolute atomic E-state index is 12.8. The molecular weight excluding hydrogens is 781 g/mol. The third-order valence-electron chi connectivity index (χ3n) is 13.0. The standard InChI is InChI=1S/C57H110O6/c1-5-7-9-11-13-15-17-19-20-26-30-34-38-42-46-50-57(60)63-54(51-61-55(58)48-44-40-36-32-28-23-18-16-14-12-10-8-6-2)52-62-56(59)49-45-41-37-33-29-25-22-21-24-27-31-35-39-43-47-53(3)4/h53-54H,5-52H2,1-4H3/t54-/m1/s1. The molecule has 0 unspecified atom stereocenters. The number of carbonyl (C=O) groups is 3. The van der Waals surface area contributed by atoms with Gasteiger partial charge in [-0.05, 0) is 25.2 Å². The minimum Gasteiger partial charge on any atom is -0.462 e. The Morgan fingerprint density at radius 2 is 0.524 bits per heavy atom. The van der Waals surface area contributed by atoms with E-state index >= 15 is 0 Å². The first-order valence-electron chi connectivity index (χ1n) is 28.4. The van der Waals surface area contributed by atoms with Crippen LogP contribution >= 0.6 is 0 Å². The minimum absolute atomic E-state index is 0.0619. The number of carbonyl (C=O) groups excluding carboxylic acids is 3. The van der Waals surface area contributed by atoms with Crippen molar-refractivity contribution in [3.63, 3.8) is 0 Å². The van der Waals surface area contributed by atoms with E-state index in [9.17, 15) is 14.4 Å². The van der Waals surface area contributed by atoms with Crippen molar-refractivity contribution in [3.8, 4) is 0 Å². The maximum Gasteiger partial charge on any atom is 0.306 e.